The van der Waals surface area contributed by atoms with Crippen molar-refractivity contribution in [3.63, 3.8) is 0 Å². The number of alkyl carbamates (subject to hydrolysis) is 1. The predicted molar refractivity (Wildman–Crippen MR) is 106 cm³/mol. The van der Waals surface area contributed by atoms with Crippen LogP contribution < -0.4 is 5.32 Å². The molecule has 140 valence electrons. The number of aryl methyl sites for hydroxylation is 1. The highest BCUT2D eigenvalue weighted by Gasteiger charge is 2.24. The molecule has 0 saturated carbocycles. The second-order valence-electron chi connectivity index (χ2n) is 7.12. The van der Waals surface area contributed by atoms with Crippen LogP contribution >= 0.6 is 0 Å². The standard InChI is InChI=1S/C22H25N3O2/c26-22(27-16-17-6-2-1-3-7-17)23-19-12-14-25(15-13-19)21-11-10-18-8-4-5-9-20(18)24-21/h1-9,19H,10-16H2,(H,23,26). The average Bonchev–Trinajstić information content (AvgIpc) is 2.73. The van der Waals surface area contributed by atoms with Gasteiger partial charge in [0.05, 0.1) is 5.69 Å². The molecule has 1 amide bonds. The molecule has 5 nitrogen and oxygen atoms in total. The Labute approximate surface area is 160 Å². The topological polar surface area (TPSA) is 53.9 Å². The van der Waals surface area contributed by atoms with Gasteiger partial charge < -0.3 is 15.0 Å². The molecule has 0 bridgehead atoms. The molecule has 0 radical (unpaired) electrons. The summed E-state index contributed by atoms with van der Waals surface area (Å²) in [4.78, 5) is 19.2. The summed E-state index contributed by atoms with van der Waals surface area (Å²) in [5, 5.41) is 3.00. The highest BCUT2D eigenvalue weighted by molar-refractivity contribution is 5.87. The molecule has 0 spiro atoms. The maximum atomic E-state index is 12.0. The Morgan fingerprint density at radius 3 is 2.59 bits per heavy atom. The van der Waals surface area contributed by atoms with Crippen LogP contribution in [0.25, 0.3) is 0 Å². The highest BCUT2D eigenvalue weighted by atomic mass is 16.5. The van der Waals surface area contributed by atoms with Crippen LogP contribution in [0.1, 0.15) is 30.4 Å². The van der Waals surface area contributed by atoms with E-state index in [0.717, 1.165) is 50.0 Å². The minimum absolute atomic E-state index is 0.168. The molecule has 2 aromatic carbocycles. The van der Waals surface area contributed by atoms with E-state index in [1.807, 2.05) is 36.4 Å². The maximum absolute atomic E-state index is 12.0. The van der Waals surface area contributed by atoms with Crippen LogP contribution in [0.3, 0.4) is 0 Å². The molecule has 2 heterocycles. The van der Waals surface area contributed by atoms with E-state index in [1.54, 1.807) is 0 Å². The van der Waals surface area contributed by atoms with E-state index < -0.39 is 0 Å². The number of aliphatic imine (C=N–C) groups is 1. The molecule has 1 saturated heterocycles. The first-order chi connectivity index (χ1) is 13.3. The normalized spacial score (nSPS) is 17.0. The van der Waals surface area contributed by atoms with Crippen LogP contribution in [-0.2, 0) is 17.8 Å². The fourth-order valence-electron chi connectivity index (χ4n) is 3.71. The van der Waals surface area contributed by atoms with Gasteiger partial charge in [0.2, 0.25) is 0 Å². The van der Waals surface area contributed by atoms with Gasteiger partial charge in [0.1, 0.15) is 12.4 Å². The lowest BCUT2D eigenvalue weighted by Crippen LogP contribution is -2.47. The molecule has 27 heavy (non-hydrogen) atoms. The van der Waals surface area contributed by atoms with Crippen molar-refractivity contribution < 1.29 is 9.53 Å². The van der Waals surface area contributed by atoms with Crippen LogP contribution in [0.15, 0.2) is 59.6 Å². The largest absolute Gasteiger partial charge is 0.445 e. The highest BCUT2D eigenvalue weighted by Crippen LogP contribution is 2.27. The Kier molecular flexibility index (Phi) is 5.37. The molecular formula is C22H25N3O2. The fraction of sp³-hybridized carbons (Fsp3) is 0.364. The van der Waals surface area contributed by atoms with E-state index in [-0.39, 0.29) is 12.1 Å². The van der Waals surface area contributed by atoms with Crippen LogP contribution in [0.2, 0.25) is 0 Å². The summed E-state index contributed by atoms with van der Waals surface area (Å²) < 4.78 is 5.33. The number of rotatable bonds is 3. The molecular weight excluding hydrogens is 338 g/mol. The Morgan fingerprint density at radius 1 is 1.04 bits per heavy atom. The van der Waals surface area contributed by atoms with Crippen molar-refractivity contribution in [1.29, 1.82) is 0 Å². The summed E-state index contributed by atoms with van der Waals surface area (Å²) in [6, 6.07) is 18.3. The molecule has 0 unspecified atom stereocenters. The molecule has 0 atom stereocenters. The van der Waals surface area contributed by atoms with Gasteiger partial charge in [-0.05, 0) is 36.5 Å². The Hall–Kier alpha value is -2.82. The zero-order valence-electron chi connectivity index (χ0n) is 15.4. The third kappa shape index (κ3) is 4.48. The van der Waals surface area contributed by atoms with Gasteiger partial charge in [-0.15, -0.1) is 0 Å². The van der Waals surface area contributed by atoms with Gasteiger partial charge in [-0.2, -0.15) is 0 Å². The molecule has 4 rings (SSSR count). The number of amides is 1. The number of hydrogen-bond donors (Lipinski definition) is 1. The minimum Gasteiger partial charge on any atom is -0.445 e. The molecule has 1 fully saturated rings. The molecule has 2 aliphatic rings. The molecule has 2 aliphatic heterocycles. The second kappa shape index (κ2) is 8.25. The maximum Gasteiger partial charge on any atom is 0.407 e. The molecule has 0 aliphatic carbocycles. The predicted octanol–water partition coefficient (Wildman–Crippen LogP) is 4.05. The minimum atomic E-state index is -0.332. The quantitative estimate of drug-likeness (QED) is 0.895. The van der Waals surface area contributed by atoms with Crippen LogP contribution in [0.5, 0.6) is 0 Å². The van der Waals surface area contributed by atoms with Gasteiger partial charge in [-0.1, -0.05) is 48.5 Å². The van der Waals surface area contributed by atoms with E-state index in [1.165, 1.54) is 11.4 Å². The van der Waals surface area contributed by atoms with Gasteiger partial charge in [0.25, 0.3) is 0 Å². The Bertz CT molecular complexity index is 811. The van der Waals surface area contributed by atoms with E-state index in [2.05, 4.69) is 28.4 Å². The summed E-state index contributed by atoms with van der Waals surface area (Å²) in [6.07, 6.45) is 3.55. The summed E-state index contributed by atoms with van der Waals surface area (Å²) in [5.41, 5.74) is 3.43. The van der Waals surface area contributed by atoms with Crippen molar-refractivity contribution in [2.24, 2.45) is 4.99 Å². The third-order valence-electron chi connectivity index (χ3n) is 5.25. The fourth-order valence-corrected chi connectivity index (χ4v) is 3.71. The number of ether oxygens (including phenoxy) is 1. The number of likely N-dealkylation sites (tertiary alicyclic amines) is 1. The average molecular weight is 363 g/mol. The van der Waals surface area contributed by atoms with E-state index in [9.17, 15) is 4.79 Å². The van der Waals surface area contributed by atoms with Crippen molar-refractivity contribution in [2.45, 2.75) is 38.3 Å². The number of carbonyl (C=O) groups is 1. The first-order valence-corrected chi connectivity index (χ1v) is 9.65. The molecule has 1 N–H and O–H groups in total. The van der Waals surface area contributed by atoms with E-state index in [4.69, 9.17) is 9.73 Å². The van der Waals surface area contributed by atoms with Crippen LogP contribution in [0, 0.1) is 0 Å². The summed E-state index contributed by atoms with van der Waals surface area (Å²) in [7, 11) is 0. The number of fused-ring (bicyclic) bond motifs is 1. The van der Waals surface area contributed by atoms with Gasteiger partial charge in [-0.3, -0.25) is 0 Å². The van der Waals surface area contributed by atoms with Crippen molar-refractivity contribution >= 4 is 17.6 Å². The van der Waals surface area contributed by atoms with Gasteiger partial charge in [0.15, 0.2) is 0 Å². The van der Waals surface area contributed by atoms with Crippen molar-refractivity contribution in [3.8, 4) is 0 Å². The van der Waals surface area contributed by atoms with Gasteiger partial charge in [0, 0.05) is 25.6 Å². The molecule has 5 heteroatoms. The Balaban J connectivity index is 1.25. The van der Waals surface area contributed by atoms with Crippen LogP contribution in [-0.4, -0.2) is 36.0 Å². The second-order valence-corrected chi connectivity index (χ2v) is 7.12. The lowest BCUT2D eigenvalue weighted by Gasteiger charge is -2.35. The smallest absolute Gasteiger partial charge is 0.407 e. The van der Waals surface area contributed by atoms with Crippen molar-refractivity contribution in [1.82, 2.24) is 10.2 Å². The number of hydrogen-bond acceptors (Lipinski definition) is 4. The van der Waals surface area contributed by atoms with Crippen LogP contribution in [0.4, 0.5) is 10.5 Å². The SMILES string of the molecule is O=C(NC1CCN(C2=Nc3ccccc3CC2)CC1)OCc1ccccc1. The first-order valence-electron chi connectivity index (χ1n) is 9.65. The molecule has 2 aromatic rings. The van der Waals surface area contributed by atoms with E-state index in [0.29, 0.717) is 6.61 Å². The number of para-hydroxylation sites is 1. The van der Waals surface area contributed by atoms with Gasteiger partial charge >= 0.3 is 6.09 Å². The number of nitrogens with zero attached hydrogens (tertiary/aromatic N) is 2. The lowest BCUT2D eigenvalue weighted by atomic mass is 10.0. The zero-order valence-corrected chi connectivity index (χ0v) is 15.4. The third-order valence-corrected chi connectivity index (χ3v) is 5.25. The number of nitrogens with one attached hydrogen (secondary N) is 1. The molecule has 0 aromatic heterocycles. The number of carbonyl (C=O) groups excluding carboxylic acids is 1. The summed E-state index contributed by atoms with van der Waals surface area (Å²) >= 11 is 0. The monoisotopic (exact) mass is 363 g/mol. The number of amidine groups is 1. The van der Waals surface area contributed by atoms with Gasteiger partial charge in [-0.25, -0.2) is 9.79 Å². The Morgan fingerprint density at radius 2 is 1.78 bits per heavy atom. The zero-order chi connectivity index (χ0) is 18.5. The van der Waals surface area contributed by atoms with Crippen molar-refractivity contribution in [3.05, 3.63) is 65.7 Å². The summed E-state index contributed by atoms with van der Waals surface area (Å²) in [6.45, 7) is 2.15. The van der Waals surface area contributed by atoms with E-state index >= 15 is 0 Å². The number of piperidine rings is 1. The summed E-state index contributed by atoms with van der Waals surface area (Å²) in [5.74, 6) is 1.18. The first kappa shape index (κ1) is 17.6. The number of benzene rings is 2. The lowest BCUT2D eigenvalue weighted by molar-refractivity contribution is 0.131. The van der Waals surface area contributed by atoms with Crippen molar-refractivity contribution in [2.75, 3.05) is 13.1 Å².